The van der Waals surface area contributed by atoms with Crippen molar-refractivity contribution in [2.75, 3.05) is 11.4 Å². The summed E-state index contributed by atoms with van der Waals surface area (Å²) in [6.45, 7) is 8.12. The summed E-state index contributed by atoms with van der Waals surface area (Å²) in [6, 6.07) is 7.87. The maximum absolute atomic E-state index is 6.12. The molecule has 152 valence electrons. The summed E-state index contributed by atoms with van der Waals surface area (Å²) in [7, 11) is 0. The average Bonchev–Trinajstić information content (AvgIpc) is 2.90. The van der Waals surface area contributed by atoms with Crippen LogP contribution in [0.15, 0.2) is 46.9 Å². The van der Waals surface area contributed by atoms with Crippen molar-refractivity contribution in [2.24, 2.45) is 26.8 Å². The fourth-order valence-electron chi connectivity index (χ4n) is 5.14. The standard InChI is InChI=1S/C22H27ClN6/c1-21(2)8-17-9-22(3,13-21)14-29(17)19-12-25-11-18(27-19)20(24)28-26-10-15-5-4-6-16(23)7-15/h4-7,10-12,17H,8-9,13-14H2,1-3H3,(H2,24,28)/b26-10+. The van der Waals surface area contributed by atoms with Gasteiger partial charge in [0, 0.05) is 17.6 Å². The molecule has 1 aromatic carbocycles. The van der Waals surface area contributed by atoms with Crippen LogP contribution >= 0.6 is 11.6 Å². The predicted molar refractivity (Wildman–Crippen MR) is 119 cm³/mol. The van der Waals surface area contributed by atoms with Gasteiger partial charge in [0.1, 0.15) is 11.5 Å². The Morgan fingerprint density at radius 2 is 2.10 bits per heavy atom. The fourth-order valence-corrected chi connectivity index (χ4v) is 5.34. The molecular weight excluding hydrogens is 384 g/mol. The molecular formula is C22H27ClN6. The second-order valence-corrected chi connectivity index (χ2v) is 9.83. The van der Waals surface area contributed by atoms with Crippen molar-refractivity contribution in [3.05, 3.63) is 52.9 Å². The minimum absolute atomic E-state index is 0.242. The van der Waals surface area contributed by atoms with Crippen molar-refractivity contribution in [1.29, 1.82) is 0 Å². The predicted octanol–water partition coefficient (Wildman–Crippen LogP) is 4.27. The molecule has 2 fully saturated rings. The first-order valence-electron chi connectivity index (χ1n) is 9.94. The lowest BCUT2D eigenvalue weighted by molar-refractivity contribution is 0.136. The van der Waals surface area contributed by atoms with E-state index in [0.717, 1.165) is 17.9 Å². The average molecular weight is 411 g/mol. The topological polar surface area (TPSA) is 79.8 Å². The molecule has 1 aliphatic carbocycles. The van der Waals surface area contributed by atoms with E-state index in [9.17, 15) is 0 Å². The van der Waals surface area contributed by atoms with E-state index in [4.69, 9.17) is 22.3 Å². The summed E-state index contributed by atoms with van der Waals surface area (Å²) in [4.78, 5) is 11.5. The van der Waals surface area contributed by atoms with Gasteiger partial charge in [-0.2, -0.15) is 5.10 Å². The van der Waals surface area contributed by atoms with Gasteiger partial charge in [-0.05, 0) is 47.8 Å². The van der Waals surface area contributed by atoms with Crippen molar-refractivity contribution in [3.63, 3.8) is 0 Å². The van der Waals surface area contributed by atoms with Crippen LogP contribution in [0.1, 0.15) is 51.3 Å². The van der Waals surface area contributed by atoms with Crippen LogP contribution in [-0.2, 0) is 0 Å². The highest BCUT2D eigenvalue weighted by Crippen LogP contribution is 2.53. The van der Waals surface area contributed by atoms with Crippen molar-refractivity contribution in [2.45, 2.75) is 46.1 Å². The van der Waals surface area contributed by atoms with Gasteiger partial charge < -0.3 is 10.6 Å². The SMILES string of the molecule is CC1(C)CC2CC(C)(CN2c2cncc(/C(N)=N/N=C/c3cccc(Cl)c3)n2)C1. The van der Waals surface area contributed by atoms with Crippen LogP contribution in [0.3, 0.4) is 0 Å². The fraction of sp³-hybridized carbons (Fsp3) is 0.455. The van der Waals surface area contributed by atoms with Gasteiger partial charge in [0.05, 0.1) is 18.6 Å². The smallest absolute Gasteiger partial charge is 0.173 e. The number of benzene rings is 1. The molecule has 2 aromatic rings. The number of nitrogens with zero attached hydrogens (tertiary/aromatic N) is 5. The summed E-state index contributed by atoms with van der Waals surface area (Å²) < 4.78 is 0. The molecule has 1 aliphatic heterocycles. The quantitative estimate of drug-likeness (QED) is 0.463. The van der Waals surface area contributed by atoms with E-state index in [2.05, 4.69) is 40.9 Å². The van der Waals surface area contributed by atoms with Crippen molar-refractivity contribution >= 4 is 29.5 Å². The Balaban J connectivity index is 1.53. The summed E-state index contributed by atoms with van der Waals surface area (Å²) in [5.41, 5.74) is 8.19. The molecule has 2 N–H and O–H groups in total. The van der Waals surface area contributed by atoms with Gasteiger partial charge in [0.2, 0.25) is 0 Å². The van der Waals surface area contributed by atoms with E-state index in [0.29, 0.717) is 27.6 Å². The second kappa shape index (κ2) is 7.41. The lowest BCUT2D eigenvalue weighted by Crippen LogP contribution is -2.35. The normalized spacial score (nSPS) is 26.3. The number of nitrogens with two attached hydrogens (primary N) is 1. The Labute approximate surface area is 176 Å². The molecule has 2 unspecified atom stereocenters. The number of fused-ring (bicyclic) bond motifs is 2. The number of amidine groups is 1. The molecule has 1 aromatic heterocycles. The van der Waals surface area contributed by atoms with Crippen LogP contribution in [0.5, 0.6) is 0 Å². The van der Waals surface area contributed by atoms with Crippen molar-refractivity contribution in [1.82, 2.24) is 9.97 Å². The van der Waals surface area contributed by atoms with E-state index < -0.39 is 0 Å². The van der Waals surface area contributed by atoms with Crippen LogP contribution in [0.2, 0.25) is 5.02 Å². The van der Waals surface area contributed by atoms with E-state index in [1.54, 1.807) is 12.4 Å². The molecule has 0 spiro atoms. The van der Waals surface area contributed by atoms with Crippen LogP contribution in [0.4, 0.5) is 5.82 Å². The molecule has 2 bridgehead atoms. The number of rotatable bonds is 4. The Hall–Kier alpha value is -2.47. The van der Waals surface area contributed by atoms with Gasteiger partial charge in [0.25, 0.3) is 0 Å². The number of hydrogen-bond acceptors (Lipinski definition) is 5. The van der Waals surface area contributed by atoms with Gasteiger partial charge in [0.15, 0.2) is 5.84 Å². The van der Waals surface area contributed by atoms with E-state index >= 15 is 0 Å². The largest absolute Gasteiger partial charge is 0.380 e. The third-order valence-corrected chi connectivity index (χ3v) is 6.05. The summed E-state index contributed by atoms with van der Waals surface area (Å²) in [6.07, 6.45) is 8.68. The molecule has 2 aliphatic rings. The van der Waals surface area contributed by atoms with Crippen molar-refractivity contribution in [3.8, 4) is 0 Å². The minimum atomic E-state index is 0.242. The molecule has 1 saturated heterocycles. The maximum Gasteiger partial charge on any atom is 0.173 e. The van der Waals surface area contributed by atoms with Gasteiger partial charge in [-0.3, -0.25) is 4.98 Å². The first-order valence-corrected chi connectivity index (χ1v) is 10.3. The molecule has 4 rings (SSSR count). The Morgan fingerprint density at radius 3 is 2.90 bits per heavy atom. The molecule has 7 heteroatoms. The minimum Gasteiger partial charge on any atom is -0.380 e. The molecule has 2 atom stereocenters. The maximum atomic E-state index is 6.12. The van der Waals surface area contributed by atoms with E-state index in [1.807, 2.05) is 30.5 Å². The summed E-state index contributed by atoms with van der Waals surface area (Å²) in [5.74, 6) is 1.11. The highest BCUT2D eigenvalue weighted by Gasteiger charge is 2.50. The van der Waals surface area contributed by atoms with Crippen LogP contribution in [0.25, 0.3) is 0 Å². The Bertz CT molecular complexity index is 969. The molecule has 0 radical (unpaired) electrons. The molecule has 0 amide bonds. The van der Waals surface area contributed by atoms with Gasteiger partial charge in [-0.15, -0.1) is 5.10 Å². The monoisotopic (exact) mass is 410 g/mol. The molecule has 29 heavy (non-hydrogen) atoms. The third kappa shape index (κ3) is 4.42. The Kier molecular flexibility index (Phi) is 5.07. The van der Waals surface area contributed by atoms with Crippen LogP contribution < -0.4 is 10.6 Å². The van der Waals surface area contributed by atoms with Crippen LogP contribution in [-0.4, -0.2) is 34.6 Å². The van der Waals surface area contributed by atoms with Crippen LogP contribution in [0, 0.1) is 10.8 Å². The summed E-state index contributed by atoms with van der Waals surface area (Å²) >= 11 is 5.98. The lowest BCUT2D eigenvalue weighted by atomic mass is 9.65. The first kappa shape index (κ1) is 19.8. The van der Waals surface area contributed by atoms with Gasteiger partial charge in [-0.1, -0.05) is 44.5 Å². The zero-order valence-electron chi connectivity index (χ0n) is 17.1. The van der Waals surface area contributed by atoms with E-state index in [1.165, 1.54) is 19.3 Å². The van der Waals surface area contributed by atoms with E-state index in [-0.39, 0.29) is 5.84 Å². The molecule has 1 saturated carbocycles. The van der Waals surface area contributed by atoms with Gasteiger partial charge >= 0.3 is 0 Å². The van der Waals surface area contributed by atoms with Crippen molar-refractivity contribution < 1.29 is 0 Å². The highest BCUT2D eigenvalue weighted by atomic mass is 35.5. The third-order valence-electron chi connectivity index (χ3n) is 5.81. The number of halogens is 1. The summed E-state index contributed by atoms with van der Waals surface area (Å²) in [5, 5.41) is 8.81. The zero-order valence-corrected chi connectivity index (χ0v) is 17.9. The highest BCUT2D eigenvalue weighted by molar-refractivity contribution is 6.30. The Morgan fingerprint density at radius 1 is 1.28 bits per heavy atom. The zero-order chi connectivity index (χ0) is 20.6. The first-order chi connectivity index (χ1) is 13.7. The number of aromatic nitrogens is 2. The molecule has 2 heterocycles. The lowest BCUT2D eigenvalue weighted by Gasteiger charge is -2.39. The van der Waals surface area contributed by atoms with Gasteiger partial charge in [-0.25, -0.2) is 4.98 Å². The molecule has 6 nitrogen and oxygen atoms in total. The number of anilines is 1. The number of hydrogen-bond donors (Lipinski definition) is 1. The second-order valence-electron chi connectivity index (χ2n) is 9.39.